The van der Waals surface area contributed by atoms with Crippen molar-refractivity contribution in [2.24, 2.45) is 0 Å². The molecule has 248 valence electrons. The van der Waals surface area contributed by atoms with Gasteiger partial charge in [-0.15, -0.1) is 0 Å². The first kappa shape index (κ1) is 30.4. The second-order valence-corrected chi connectivity index (χ2v) is 14.7. The van der Waals surface area contributed by atoms with Gasteiger partial charge in [-0.3, -0.25) is 0 Å². The fourth-order valence-electron chi connectivity index (χ4n) is 8.68. The quantitative estimate of drug-likeness (QED) is 0.177. The van der Waals surface area contributed by atoms with Crippen LogP contribution in [0.3, 0.4) is 0 Å². The molecule has 0 bridgehead atoms. The Labute approximate surface area is 304 Å². The third kappa shape index (κ3) is 4.57. The van der Waals surface area contributed by atoms with Gasteiger partial charge in [0.25, 0.3) is 0 Å². The number of aryl methyl sites for hydroxylation is 1. The predicted octanol–water partition coefficient (Wildman–Crippen LogP) is 13.7. The van der Waals surface area contributed by atoms with Gasteiger partial charge in [0.2, 0.25) is 0 Å². The van der Waals surface area contributed by atoms with Crippen LogP contribution in [0.1, 0.15) is 30.5 Å². The van der Waals surface area contributed by atoms with Crippen molar-refractivity contribution >= 4 is 49.6 Å². The van der Waals surface area contributed by atoms with E-state index in [0.717, 1.165) is 11.4 Å². The molecule has 0 unspecified atom stereocenters. The number of aromatic nitrogens is 1. The van der Waals surface area contributed by atoms with Gasteiger partial charge < -0.3 is 9.47 Å². The summed E-state index contributed by atoms with van der Waals surface area (Å²) in [5.74, 6) is 0. The molecule has 1 aliphatic rings. The SMILES string of the molecule is Cc1ccc2c(c1)c1cc(-c3ccccc3)ccc1n2-c1ccc2c(c1)C(C)(C)c1cc(N(c3ccccc3)c3ccccc3)c3ccccc3c1-2. The zero-order valence-electron chi connectivity index (χ0n) is 29.6. The zero-order chi connectivity index (χ0) is 35.0. The first-order chi connectivity index (χ1) is 25.5. The lowest BCUT2D eigenvalue weighted by atomic mass is 9.81. The van der Waals surface area contributed by atoms with E-state index in [0.29, 0.717) is 0 Å². The molecule has 0 amide bonds. The number of para-hydroxylation sites is 2. The maximum atomic E-state index is 2.47. The van der Waals surface area contributed by atoms with Gasteiger partial charge in [-0.1, -0.05) is 129 Å². The molecule has 0 radical (unpaired) electrons. The molecule has 10 rings (SSSR count). The second-order valence-electron chi connectivity index (χ2n) is 14.7. The van der Waals surface area contributed by atoms with Gasteiger partial charge in [-0.05, 0) is 112 Å². The molecule has 0 spiro atoms. The summed E-state index contributed by atoms with van der Waals surface area (Å²) in [6.45, 7) is 6.99. The van der Waals surface area contributed by atoms with Crippen molar-refractivity contribution in [1.29, 1.82) is 0 Å². The summed E-state index contributed by atoms with van der Waals surface area (Å²) >= 11 is 0. The number of benzene rings is 8. The van der Waals surface area contributed by atoms with Crippen LogP contribution < -0.4 is 4.90 Å². The van der Waals surface area contributed by atoms with Gasteiger partial charge in [0, 0.05) is 38.6 Å². The van der Waals surface area contributed by atoms with Crippen LogP contribution in [0.15, 0.2) is 176 Å². The highest BCUT2D eigenvalue weighted by Crippen LogP contribution is 2.55. The van der Waals surface area contributed by atoms with Crippen molar-refractivity contribution < 1.29 is 0 Å². The molecule has 0 N–H and O–H groups in total. The van der Waals surface area contributed by atoms with E-state index in [-0.39, 0.29) is 5.41 Å². The number of hydrogen-bond donors (Lipinski definition) is 0. The topological polar surface area (TPSA) is 8.17 Å². The Bertz CT molecular complexity index is 2770. The minimum absolute atomic E-state index is 0.228. The normalized spacial score (nSPS) is 13.1. The van der Waals surface area contributed by atoms with Crippen LogP contribution in [-0.4, -0.2) is 4.57 Å². The van der Waals surface area contributed by atoms with Crippen LogP contribution in [0, 0.1) is 6.92 Å². The fraction of sp³-hybridized carbons (Fsp3) is 0.0800. The van der Waals surface area contributed by atoms with Crippen LogP contribution in [0.4, 0.5) is 17.1 Å². The molecule has 8 aromatic carbocycles. The first-order valence-electron chi connectivity index (χ1n) is 18.2. The molecule has 2 heteroatoms. The Kier molecular flexibility index (Phi) is 6.78. The molecule has 2 nitrogen and oxygen atoms in total. The Balaban J connectivity index is 1.19. The van der Waals surface area contributed by atoms with Crippen molar-refractivity contribution in [2.45, 2.75) is 26.2 Å². The zero-order valence-corrected chi connectivity index (χ0v) is 29.6. The number of fused-ring (bicyclic) bond motifs is 8. The second kappa shape index (κ2) is 11.6. The lowest BCUT2D eigenvalue weighted by Gasteiger charge is -2.29. The van der Waals surface area contributed by atoms with Gasteiger partial charge >= 0.3 is 0 Å². The summed E-state index contributed by atoms with van der Waals surface area (Å²) in [6, 6.07) is 64.6. The third-order valence-corrected chi connectivity index (χ3v) is 11.2. The Morgan fingerprint density at radius 3 is 1.75 bits per heavy atom. The van der Waals surface area contributed by atoms with Crippen molar-refractivity contribution in [3.05, 3.63) is 193 Å². The van der Waals surface area contributed by atoms with Crippen molar-refractivity contribution in [2.75, 3.05) is 4.90 Å². The van der Waals surface area contributed by atoms with Gasteiger partial charge in [-0.2, -0.15) is 0 Å². The first-order valence-corrected chi connectivity index (χ1v) is 18.2. The number of hydrogen-bond acceptors (Lipinski definition) is 1. The summed E-state index contributed by atoms with van der Waals surface area (Å²) in [5.41, 5.74) is 16.0. The van der Waals surface area contributed by atoms with Crippen LogP contribution >= 0.6 is 0 Å². The Morgan fingerprint density at radius 1 is 0.462 bits per heavy atom. The van der Waals surface area contributed by atoms with E-state index >= 15 is 0 Å². The van der Waals surface area contributed by atoms with Crippen molar-refractivity contribution in [1.82, 2.24) is 4.57 Å². The van der Waals surface area contributed by atoms with E-state index in [1.807, 2.05) is 0 Å². The molecule has 0 fully saturated rings. The molecule has 1 aliphatic carbocycles. The van der Waals surface area contributed by atoms with Gasteiger partial charge in [0.05, 0.1) is 16.7 Å². The third-order valence-electron chi connectivity index (χ3n) is 11.2. The van der Waals surface area contributed by atoms with E-state index in [4.69, 9.17) is 0 Å². The highest BCUT2D eigenvalue weighted by atomic mass is 15.1. The van der Waals surface area contributed by atoms with Crippen LogP contribution in [0.25, 0.3) is 60.5 Å². The van der Waals surface area contributed by atoms with Gasteiger partial charge in [-0.25, -0.2) is 0 Å². The molecular formula is C50H38N2. The van der Waals surface area contributed by atoms with E-state index < -0.39 is 0 Å². The van der Waals surface area contributed by atoms with E-state index in [2.05, 4.69) is 206 Å². The van der Waals surface area contributed by atoms with Crippen LogP contribution in [-0.2, 0) is 5.41 Å². The van der Waals surface area contributed by atoms with Crippen LogP contribution in [0.2, 0.25) is 0 Å². The number of rotatable bonds is 5. The number of nitrogens with zero attached hydrogens (tertiary/aromatic N) is 2. The maximum Gasteiger partial charge on any atom is 0.0543 e. The Hall–Kier alpha value is -6.38. The fourth-order valence-corrected chi connectivity index (χ4v) is 8.68. The molecule has 0 atom stereocenters. The molecule has 0 saturated heterocycles. The maximum absolute atomic E-state index is 2.47. The molecular weight excluding hydrogens is 629 g/mol. The van der Waals surface area contributed by atoms with E-state index in [1.54, 1.807) is 0 Å². The van der Waals surface area contributed by atoms with E-state index in [1.165, 1.54) is 82.9 Å². The average Bonchev–Trinajstić information content (AvgIpc) is 3.63. The minimum atomic E-state index is -0.228. The molecule has 52 heavy (non-hydrogen) atoms. The lowest BCUT2D eigenvalue weighted by molar-refractivity contribution is 0.660. The molecule has 1 heterocycles. The Morgan fingerprint density at radius 2 is 1.06 bits per heavy atom. The average molecular weight is 667 g/mol. The highest BCUT2D eigenvalue weighted by Gasteiger charge is 2.38. The summed E-state index contributed by atoms with van der Waals surface area (Å²) < 4.78 is 2.47. The molecule has 0 aliphatic heterocycles. The molecule has 9 aromatic rings. The van der Waals surface area contributed by atoms with Crippen molar-refractivity contribution in [3.63, 3.8) is 0 Å². The van der Waals surface area contributed by atoms with E-state index in [9.17, 15) is 0 Å². The van der Waals surface area contributed by atoms with Gasteiger partial charge in [0.1, 0.15) is 0 Å². The standard InChI is InChI=1S/C50H38N2/c1-33-23-27-46-42(29-33)43-30-35(34-15-7-4-8-16-34)24-28-47(43)52(46)38-25-26-41-44(31-38)50(2,3)45-32-48(39-21-13-14-22-40(39)49(41)45)51(36-17-9-5-10-18-36)37-19-11-6-12-20-37/h4-32H,1-3H3. The summed E-state index contributed by atoms with van der Waals surface area (Å²) in [6.07, 6.45) is 0. The largest absolute Gasteiger partial charge is 0.310 e. The molecule has 0 saturated carbocycles. The van der Waals surface area contributed by atoms with Crippen LogP contribution in [0.5, 0.6) is 0 Å². The summed E-state index contributed by atoms with van der Waals surface area (Å²) in [5, 5.41) is 5.09. The lowest BCUT2D eigenvalue weighted by Crippen LogP contribution is -2.17. The predicted molar refractivity (Wildman–Crippen MR) is 221 cm³/mol. The summed E-state index contributed by atoms with van der Waals surface area (Å²) in [7, 11) is 0. The van der Waals surface area contributed by atoms with Crippen molar-refractivity contribution in [3.8, 4) is 27.9 Å². The monoisotopic (exact) mass is 666 g/mol. The smallest absolute Gasteiger partial charge is 0.0543 e. The highest BCUT2D eigenvalue weighted by molar-refractivity contribution is 6.12. The summed E-state index contributed by atoms with van der Waals surface area (Å²) in [4.78, 5) is 2.41. The van der Waals surface area contributed by atoms with Gasteiger partial charge in [0.15, 0.2) is 0 Å². The number of anilines is 3. The molecule has 1 aromatic heterocycles. The minimum Gasteiger partial charge on any atom is -0.310 e.